The van der Waals surface area contributed by atoms with Gasteiger partial charge in [-0.15, -0.1) is 0 Å². The number of methoxy groups -OCH3 is 1. The first-order valence-corrected chi connectivity index (χ1v) is 4.38. The summed E-state index contributed by atoms with van der Waals surface area (Å²) in [5.41, 5.74) is 0. The fourth-order valence-corrected chi connectivity index (χ4v) is 1.53. The molecule has 0 unspecified atom stereocenters. The number of anilines is 1. The molecule has 0 spiro atoms. The van der Waals surface area contributed by atoms with Gasteiger partial charge < -0.3 is 10.1 Å². The Labute approximate surface area is 82.9 Å². The molecule has 1 aromatic rings. The van der Waals surface area contributed by atoms with E-state index in [2.05, 4.69) is 15.0 Å². The molecule has 0 bridgehead atoms. The van der Waals surface area contributed by atoms with E-state index in [9.17, 15) is 14.0 Å². The van der Waals surface area contributed by atoms with Crippen molar-refractivity contribution in [1.29, 1.82) is 0 Å². The van der Waals surface area contributed by atoms with Crippen LogP contribution in [-0.2, 0) is 9.53 Å². The minimum atomic E-state index is -0.939. The van der Waals surface area contributed by atoms with E-state index >= 15 is 0 Å². The van der Waals surface area contributed by atoms with Crippen molar-refractivity contribution in [2.45, 2.75) is 6.92 Å². The lowest BCUT2D eigenvalue weighted by atomic mass is 10.5. The number of aromatic nitrogens is 1. The number of carbonyl (C=O) groups excluding carboxylic acids is 2. The van der Waals surface area contributed by atoms with Crippen LogP contribution in [0.4, 0.5) is 9.52 Å². The van der Waals surface area contributed by atoms with Crippen LogP contribution < -0.4 is 5.32 Å². The first-order valence-electron chi connectivity index (χ1n) is 3.57. The Morgan fingerprint density at radius 1 is 1.57 bits per heavy atom. The molecular weight excluding hydrogens is 211 g/mol. The Balaban J connectivity index is 2.93. The van der Waals surface area contributed by atoms with Crippen LogP contribution in [0, 0.1) is 5.95 Å². The molecule has 1 heterocycles. The maximum Gasteiger partial charge on any atom is 0.352 e. The topological polar surface area (TPSA) is 68.3 Å². The van der Waals surface area contributed by atoms with Gasteiger partial charge in [-0.05, 0) is 0 Å². The number of carbonyl (C=O) groups is 2. The second-order valence-corrected chi connectivity index (χ2v) is 3.31. The zero-order chi connectivity index (χ0) is 10.7. The first-order chi connectivity index (χ1) is 6.54. The van der Waals surface area contributed by atoms with Gasteiger partial charge in [0.2, 0.25) is 11.9 Å². The molecule has 1 rings (SSSR count). The zero-order valence-corrected chi connectivity index (χ0v) is 8.27. The minimum Gasteiger partial charge on any atom is -0.465 e. The summed E-state index contributed by atoms with van der Waals surface area (Å²) in [4.78, 5) is 24.6. The Kier molecular flexibility index (Phi) is 3.13. The number of amides is 1. The molecule has 0 aliphatic rings. The molecular formula is C7H7FN2O3S. The summed E-state index contributed by atoms with van der Waals surface area (Å²) >= 11 is 0.728. The summed E-state index contributed by atoms with van der Waals surface area (Å²) < 4.78 is 17.3. The van der Waals surface area contributed by atoms with Crippen LogP contribution in [0.5, 0.6) is 0 Å². The Morgan fingerprint density at radius 3 is 2.71 bits per heavy atom. The molecule has 0 aliphatic heterocycles. The second-order valence-electron chi connectivity index (χ2n) is 2.31. The molecule has 0 saturated carbocycles. The number of nitrogens with zero attached hydrogens (tertiary/aromatic N) is 1. The van der Waals surface area contributed by atoms with E-state index in [4.69, 9.17) is 0 Å². The van der Waals surface area contributed by atoms with Crippen molar-refractivity contribution in [2.75, 3.05) is 12.4 Å². The lowest BCUT2D eigenvalue weighted by Crippen LogP contribution is -2.04. The van der Waals surface area contributed by atoms with Gasteiger partial charge >= 0.3 is 5.97 Å². The van der Waals surface area contributed by atoms with Crippen molar-refractivity contribution in [3.63, 3.8) is 0 Å². The predicted octanol–water partition coefficient (Wildman–Crippen LogP) is 1.03. The fraction of sp³-hybridized carbons (Fsp3) is 0.286. The van der Waals surface area contributed by atoms with Crippen molar-refractivity contribution in [3.05, 3.63) is 10.8 Å². The molecule has 7 heteroatoms. The van der Waals surface area contributed by atoms with E-state index in [1.807, 2.05) is 0 Å². The quantitative estimate of drug-likeness (QED) is 0.753. The number of nitrogens with one attached hydrogen (secondary N) is 1. The van der Waals surface area contributed by atoms with Gasteiger partial charge in [0.15, 0.2) is 10.0 Å². The second kappa shape index (κ2) is 4.14. The Morgan fingerprint density at radius 2 is 2.21 bits per heavy atom. The summed E-state index contributed by atoms with van der Waals surface area (Å²) in [7, 11) is 1.14. The number of rotatable bonds is 2. The van der Waals surface area contributed by atoms with Gasteiger partial charge in [-0.2, -0.15) is 9.37 Å². The van der Waals surface area contributed by atoms with Crippen LogP contribution in [0.2, 0.25) is 0 Å². The largest absolute Gasteiger partial charge is 0.465 e. The molecule has 1 amide bonds. The molecule has 1 N–H and O–H groups in total. The van der Waals surface area contributed by atoms with Gasteiger partial charge in [0.1, 0.15) is 0 Å². The highest BCUT2D eigenvalue weighted by Crippen LogP contribution is 2.22. The third-order valence-electron chi connectivity index (χ3n) is 1.24. The highest BCUT2D eigenvalue weighted by atomic mass is 32.1. The molecule has 0 radical (unpaired) electrons. The molecule has 76 valence electrons. The van der Waals surface area contributed by atoms with E-state index in [1.165, 1.54) is 6.92 Å². The number of thiazole rings is 1. The maximum absolute atomic E-state index is 12.9. The lowest BCUT2D eigenvalue weighted by Gasteiger charge is -1.92. The molecule has 0 saturated heterocycles. The van der Waals surface area contributed by atoms with Crippen LogP contribution in [0.15, 0.2) is 0 Å². The average Bonchev–Trinajstić information content (AvgIpc) is 2.44. The summed E-state index contributed by atoms with van der Waals surface area (Å²) in [6, 6.07) is 0. The van der Waals surface area contributed by atoms with Crippen molar-refractivity contribution >= 4 is 28.3 Å². The van der Waals surface area contributed by atoms with E-state index in [0.29, 0.717) is 0 Å². The van der Waals surface area contributed by atoms with E-state index in [1.54, 1.807) is 0 Å². The molecule has 0 aromatic carbocycles. The highest BCUT2D eigenvalue weighted by molar-refractivity contribution is 7.17. The summed E-state index contributed by atoms with van der Waals surface area (Å²) in [6.45, 7) is 1.26. The molecule has 0 atom stereocenters. The van der Waals surface area contributed by atoms with Crippen LogP contribution in [0.1, 0.15) is 16.6 Å². The summed E-state index contributed by atoms with van der Waals surface area (Å²) in [6.07, 6.45) is 0. The number of ether oxygens (including phenoxy) is 1. The third-order valence-corrected chi connectivity index (χ3v) is 2.17. The Hall–Kier alpha value is -1.50. The van der Waals surface area contributed by atoms with Gasteiger partial charge in [0.25, 0.3) is 0 Å². The summed E-state index contributed by atoms with van der Waals surface area (Å²) in [5, 5.41) is 2.30. The van der Waals surface area contributed by atoms with Crippen molar-refractivity contribution < 1.29 is 18.7 Å². The zero-order valence-electron chi connectivity index (χ0n) is 7.46. The van der Waals surface area contributed by atoms with Gasteiger partial charge in [0, 0.05) is 6.92 Å². The lowest BCUT2D eigenvalue weighted by molar-refractivity contribution is -0.114. The van der Waals surface area contributed by atoms with Crippen molar-refractivity contribution in [1.82, 2.24) is 4.98 Å². The predicted molar refractivity (Wildman–Crippen MR) is 47.7 cm³/mol. The monoisotopic (exact) mass is 218 g/mol. The summed E-state index contributed by atoms with van der Waals surface area (Å²) in [5.74, 6) is -2.13. The minimum absolute atomic E-state index is 0.0374. The number of halogens is 1. The smallest absolute Gasteiger partial charge is 0.352 e. The van der Waals surface area contributed by atoms with Crippen LogP contribution in [-0.4, -0.2) is 24.0 Å². The standard InChI is InChI=1S/C7H7FN2O3S/c1-3(11)9-7-10-5(8)4(14-7)6(12)13-2/h1-2H3,(H,9,10,11). The van der Waals surface area contributed by atoms with Gasteiger partial charge in [0.05, 0.1) is 7.11 Å². The molecule has 5 nitrogen and oxygen atoms in total. The van der Waals surface area contributed by atoms with Crippen LogP contribution in [0.25, 0.3) is 0 Å². The third kappa shape index (κ3) is 2.25. The van der Waals surface area contributed by atoms with Crippen LogP contribution in [0.3, 0.4) is 0 Å². The van der Waals surface area contributed by atoms with Crippen LogP contribution >= 0.6 is 11.3 Å². The Bertz CT molecular complexity index is 377. The van der Waals surface area contributed by atoms with Gasteiger partial charge in [-0.25, -0.2) is 4.79 Å². The van der Waals surface area contributed by atoms with Crippen molar-refractivity contribution in [2.24, 2.45) is 0 Å². The van der Waals surface area contributed by atoms with E-state index in [-0.39, 0.29) is 15.9 Å². The first kappa shape index (κ1) is 10.6. The molecule has 0 fully saturated rings. The SMILES string of the molecule is COC(=O)c1sc(NC(C)=O)nc1F. The molecule has 0 aliphatic carbocycles. The normalized spacial score (nSPS) is 9.64. The maximum atomic E-state index is 12.9. The van der Waals surface area contributed by atoms with Gasteiger partial charge in [-0.3, -0.25) is 4.79 Å². The molecule has 1 aromatic heterocycles. The van der Waals surface area contributed by atoms with Crippen molar-refractivity contribution in [3.8, 4) is 0 Å². The molecule has 14 heavy (non-hydrogen) atoms. The van der Waals surface area contributed by atoms with E-state index < -0.39 is 11.9 Å². The van der Waals surface area contributed by atoms with E-state index in [0.717, 1.165) is 18.4 Å². The fourth-order valence-electron chi connectivity index (χ4n) is 0.724. The average molecular weight is 218 g/mol. The number of hydrogen-bond donors (Lipinski definition) is 1. The highest BCUT2D eigenvalue weighted by Gasteiger charge is 2.18. The number of hydrogen-bond acceptors (Lipinski definition) is 5. The number of esters is 1. The van der Waals surface area contributed by atoms with Gasteiger partial charge in [-0.1, -0.05) is 11.3 Å².